The summed E-state index contributed by atoms with van der Waals surface area (Å²) in [6.07, 6.45) is 8.52. The van der Waals surface area contributed by atoms with Gasteiger partial charge in [-0.1, -0.05) is 32.1 Å². The molecule has 0 heterocycles. The maximum atomic E-state index is 9.90. The Morgan fingerprint density at radius 1 is 0.706 bits per heavy atom. The van der Waals surface area contributed by atoms with E-state index in [1.54, 1.807) is 0 Å². The maximum Gasteiger partial charge on any atom is 0.303 e. The predicted octanol–water partition coefficient (Wildman–Crippen LogP) is 2.99. The van der Waals surface area contributed by atoms with Crippen molar-refractivity contribution in [2.45, 2.75) is 57.8 Å². The van der Waals surface area contributed by atoms with Crippen LogP contribution in [0.2, 0.25) is 0 Å². The van der Waals surface area contributed by atoms with Gasteiger partial charge in [0.25, 0.3) is 0 Å². The topological polar surface area (TPSA) is 145 Å². The Labute approximate surface area is 103 Å². The van der Waals surface area contributed by atoms with E-state index in [1.165, 1.54) is 32.1 Å². The summed E-state index contributed by atoms with van der Waals surface area (Å²) >= 11 is 0. The van der Waals surface area contributed by atoms with Gasteiger partial charge < -0.3 is 22.5 Å². The summed E-state index contributed by atoms with van der Waals surface area (Å²) in [5.41, 5.74) is 0. The number of carbonyl (C=O) groups is 2. The van der Waals surface area contributed by atoms with E-state index in [4.69, 9.17) is 10.2 Å². The van der Waals surface area contributed by atoms with Gasteiger partial charge in [-0.25, -0.2) is 0 Å². The van der Waals surface area contributed by atoms with Crippen LogP contribution < -0.4 is 12.3 Å². The molecule has 1 fully saturated rings. The maximum absolute atomic E-state index is 9.90. The zero-order chi connectivity index (χ0) is 11.5. The molecule has 1 aliphatic carbocycles. The summed E-state index contributed by atoms with van der Waals surface area (Å²) in [7, 11) is 0. The molecule has 6 nitrogen and oxygen atoms in total. The highest BCUT2D eigenvalue weighted by Crippen LogP contribution is 2.15. The molecule has 8 N–H and O–H groups in total. The van der Waals surface area contributed by atoms with Crippen molar-refractivity contribution in [3.63, 3.8) is 0 Å². The van der Waals surface area contributed by atoms with Crippen molar-refractivity contribution in [2.75, 3.05) is 0 Å². The standard InChI is InChI=1S/C6H10O4.C5H10.2H3N/c7-5(8)3-1-2-4-6(9)10;1-2-4-5-3-1;;/h1-4H2,(H,7,8)(H,9,10);1-5H2;2*1H3. The largest absolute Gasteiger partial charge is 0.481 e. The van der Waals surface area contributed by atoms with Crippen LogP contribution in [0.5, 0.6) is 0 Å². The monoisotopic (exact) mass is 250 g/mol. The van der Waals surface area contributed by atoms with E-state index in [9.17, 15) is 9.59 Å². The number of carboxylic acid groups (broad SMARTS) is 2. The predicted molar refractivity (Wildman–Crippen MR) is 66.9 cm³/mol. The van der Waals surface area contributed by atoms with Crippen LogP contribution in [-0.4, -0.2) is 22.2 Å². The van der Waals surface area contributed by atoms with Crippen LogP contribution in [-0.2, 0) is 9.59 Å². The SMILES string of the molecule is C1CCCC1.N.N.O=C(O)CCCCC(=O)O. The third-order valence-electron chi connectivity index (χ3n) is 2.28. The van der Waals surface area contributed by atoms with Gasteiger partial charge in [0.1, 0.15) is 0 Å². The van der Waals surface area contributed by atoms with Crippen LogP contribution in [0.25, 0.3) is 0 Å². The van der Waals surface area contributed by atoms with Crippen molar-refractivity contribution in [1.82, 2.24) is 12.3 Å². The average molecular weight is 250 g/mol. The Balaban J connectivity index is -0.000000238. The van der Waals surface area contributed by atoms with E-state index >= 15 is 0 Å². The first-order chi connectivity index (χ1) is 7.13. The molecule has 0 saturated heterocycles. The first kappa shape index (κ1) is 21.2. The highest BCUT2D eigenvalue weighted by Gasteiger charge is 1.99. The highest BCUT2D eigenvalue weighted by atomic mass is 16.4. The molecule has 0 aromatic rings. The quantitative estimate of drug-likeness (QED) is 0.552. The van der Waals surface area contributed by atoms with Gasteiger partial charge in [0, 0.05) is 12.8 Å². The molecular formula is C11H26N2O4. The number of rotatable bonds is 5. The van der Waals surface area contributed by atoms with E-state index < -0.39 is 11.9 Å². The Morgan fingerprint density at radius 2 is 0.941 bits per heavy atom. The number of hydrogen-bond donors (Lipinski definition) is 4. The molecule has 6 heteroatoms. The second kappa shape index (κ2) is 14.9. The molecule has 0 radical (unpaired) electrons. The van der Waals surface area contributed by atoms with Crippen molar-refractivity contribution in [3.8, 4) is 0 Å². The summed E-state index contributed by atoms with van der Waals surface area (Å²) in [4.78, 5) is 19.8. The van der Waals surface area contributed by atoms with Crippen LogP contribution in [0.1, 0.15) is 57.8 Å². The van der Waals surface area contributed by atoms with Crippen LogP contribution in [0, 0.1) is 0 Å². The molecule has 0 aromatic heterocycles. The van der Waals surface area contributed by atoms with Crippen molar-refractivity contribution < 1.29 is 19.8 Å². The Morgan fingerprint density at radius 3 is 1.12 bits per heavy atom. The van der Waals surface area contributed by atoms with Gasteiger partial charge in [0.05, 0.1) is 0 Å². The molecule has 0 bridgehead atoms. The van der Waals surface area contributed by atoms with E-state index in [1.807, 2.05) is 0 Å². The van der Waals surface area contributed by atoms with Gasteiger partial charge in [0.15, 0.2) is 0 Å². The van der Waals surface area contributed by atoms with Crippen molar-refractivity contribution in [3.05, 3.63) is 0 Å². The lowest BCUT2D eigenvalue weighted by molar-refractivity contribution is -0.139. The smallest absolute Gasteiger partial charge is 0.303 e. The Kier molecular flexibility index (Phi) is 18.5. The third kappa shape index (κ3) is 20.8. The molecule has 0 atom stereocenters. The second-order valence-electron chi connectivity index (χ2n) is 3.76. The molecule has 17 heavy (non-hydrogen) atoms. The van der Waals surface area contributed by atoms with Gasteiger partial charge in [-0.2, -0.15) is 0 Å². The minimum Gasteiger partial charge on any atom is -0.481 e. The normalized spacial score (nSPS) is 12.5. The van der Waals surface area contributed by atoms with Crippen molar-refractivity contribution in [2.24, 2.45) is 0 Å². The van der Waals surface area contributed by atoms with E-state index in [0.717, 1.165) is 0 Å². The van der Waals surface area contributed by atoms with Crippen LogP contribution >= 0.6 is 0 Å². The molecule has 0 aliphatic heterocycles. The number of aliphatic carboxylic acids is 2. The van der Waals surface area contributed by atoms with E-state index in [2.05, 4.69) is 0 Å². The lowest BCUT2D eigenvalue weighted by Crippen LogP contribution is -1.97. The number of carboxylic acids is 2. The molecule has 0 amide bonds. The van der Waals surface area contributed by atoms with Gasteiger partial charge in [-0.3, -0.25) is 9.59 Å². The van der Waals surface area contributed by atoms with Crippen LogP contribution in [0.3, 0.4) is 0 Å². The van der Waals surface area contributed by atoms with Gasteiger partial charge in [0.2, 0.25) is 0 Å². The lowest BCUT2D eigenvalue weighted by Gasteiger charge is -1.92. The average Bonchev–Trinajstić information content (AvgIpc) is 2.69. The zero-order valence-corrected chi connectivity index (χ0v) is 10.5. The summed E-state index contributed by atoms with van der Waals surface area (Å²) in [6.45, 7) is 0. The molecule has 1 saturated carbocycles. The summed E-state index contributed by atoms with van der Waals surface area (Å²) < 4.78 is 0. The van der Waals surface area contributed by atoms with E-state index in [0.29, 0.717) is 12.8 Å². The fourth-order valence-corrected chi connectivity index (χ4v) is 1.44. The van der Waals surface area contributed by atoms with E-state index in [-0.39, 0.29) is 25.1 Å². The lowest BCUT2D eigenvalue weighted by atomic mass is 10.2. The Hall–Kier alpha value is -1.14. The van der Waals surface area contributed by atoms with Crippen LogP contribution in [0.4, 0.5) is 0 Å². The van der Waals surface area contributed by atoms with Gasteiger partial charge in [-0.05, 0) is 12.8 Å². The highest BCUT2D eigenvalue weighted by molar-refractivity contribution is 5.67. The number of unbranched alkanes of at least 4 members (excludes halogenated alkanes) is 1. The minimum atomic E-state index is -0.870. The molecule has 1 aliphatic rings. The Bertz CT molecular complexity index is 170. The van der Waals surface area contributed by atoms with Crippen molar-refractivity contribution >= 4 is 11.9 Å². The van der Waals surface area contributed by atoms with Crippen molar-refractivity contribution in [1.29, 1.82) is 0 Å². The van der Waals surface area contributed by atoms with Crippen LogP contribution in [0.15, 0.2) is 0 Å². The first-order valence-electron chi connectivity index (χ1n) is 5.56. The molecule has 0 spiro atoms. The molecule has 104 valence electrons. The second-order valence-corrected chi connectivity index (χ2v) is 3.76. The molecule has 1 rings (SSSR count). The molecule has 0 unspecified atom stereocenters. The summed E-state index contributed by atoms with van der Waals surface area (Å²) in [6, 6.07) is 0. The fourth-order valence-electron chi connectivity index (χ4n) is 1.44. The first-order valence-corrected chi connectivity index (χ1v) is 5.56. The summed E-state index contributed by atoms with van der Waals surface area (Å²) in [5, 5.41) is 16.3. The zero-order valence-electron chi connectivity index (χ0n) is 10.5. The minimum absolute atomic E-state index is 0. The third-order valence-corrected chi connectivity index (χ3v) is 2.28. The molecule has 0 aromatic carbocycles. The van der Waals surface area contributed by atoms with Gasteiger partial charge in [-0.15, -0.1) is 0 Å². The number of hydrogen-bond acceptors (Lipinski definition) is 4. The fraction of sp³-hybridized carbons (Fsp3) is 0.818. The van der Waals surface area contributed by atoms with Gasteiger partial charge >= 0.3 is 11.9 Å². The molecular weight excluding hydrogens is 224 g/mol. The summed E-state index contributed by atoms with van der Waals surface area (Å²) in [5.74, 6) is -1.74.